The van der Waals surface area contributed by atoms with E-state index in [0.29, 0.717) is 58.6 Å². The molecule has 0 aromatic carbocycles. The maximum absolute atomic E-state index is 12.8. The quantitative estimate of drug-likeness (QED) is 0.776. The first-order chi connectivity index (χ1) is 10.6. The van der Waals surface area contributed by atoms with Crippen molar-refractivity contribution in [1.29, 1.82) is 5.26 Å². The number of likely N-dealkylation sites (tertiary alicyclic amines) is 1. The largest absolute Gasteiger partial charge is 0.390 e. The normalized spacial score (nSPS) is 30.7. The molecule has 0 aliphatic carbocycles. The summed E-state index contributed by atoms with van der Waals surface area (Å²) < 4.78 is 11.2. The van der Waals surface area contributed by atoms with Gasteiger partial charge in [0.25, 0.3) is 0 Å². The molecule has 1 atom stereocenters. The molecule has 1 N–H and O–H groups in total. The molecule has 0 saturated carbocycles. The minimum Gasteiger partial charge on any atom is -0.390 e. The van der Waals surface area contributed by atoms with Gasteiger partial charge >= 0.3 is 0 Å². The molecule has 3 heterocycles. The number of hydrogen-bond acceptors (Lipinski definition) is 5. The van der Waals surface area contributed by atoms with Crippen molar-refractivity contribution in [3.05, 3.63) is 0 Å². The molecule has 6 nitrogen and oxygen atoms in total. The van der Waals surface area contributed by atoms with Gasteiger partial charge in [0.05, 0.1) is 17.8 Å². The van der Waals surface area contributed by atoms with Gasteiger partial charge in [-0.05, 0) is 38.5 Å². The van der Waals surface area contributed by atoms with Crippen molar-refractivity contribution < 1.29 is 19.4 Å². The Balaban J connectivity index is 1.65. The number of aliphatic hydroxyl groups is 1. The first kappa shape index (κ1) is 15.7. The summed E-state index contributed by atoms with van der Waals surface area (Å²) in [4.78, 5) is 14.6. The van der Waals surface area contributed by atoms with E-state index < -0.39 is 17.1 Å². The van der Waals surface area contributed by atoms with Crippen LogP contribution in [0.15, 0.2) is 0 Å². The number of nitriles is 1. The average molecular weight is 308 g/mol. The first-order valence-electron chi connectivity index (χ1n) is 8.22. The minimum atomic E-state index is -0.922. The lowest BCUT2D eigenvalue weighted by Crippen LogP contribution is -2.58. The third-order valence-electron chi connectivity index (χ3n) is 5.49. The van der Waals surface area contributed by atoms with Crippen LogP contribution in [-0.4, -0.2) is 60.5 Å². The van der Waals surface area contributed by atoms with Crippen LogP contribution in [0.25, 0.3) is 0 Å². The van der Waals surface area contributed by atoms with E-state index in [2.05, 4.69) is 6.07 Å². The van der Waals surface area contributed by atoms with Crippen molar-refractivity contribution in [3.8, 4) is 6.07 Å². The van der Waals surface area contributed by atoms with E-state index in [1.165, 1.54) is 0 Å². The summed E-state index contributed by atoms with van der Waals surface area (Å²) in [5, 5.41) is 19.8. The fraction of sp³-hybridized carbons (Fsp3) is 0.875. The average Bonchev–Trinajstić information content (AvgIpc) is 2.58. The minimum absolute atomic E-state index is 0.0709. The molecule has 3 fully saturated rings. The molecule has 3 aliphatic rings. The van der Waals surface area contributed by atoms with E-state index in [1.54, 1.807) is 4.90 Å². The predicted molar refractivity (Wildman–Crippen MR) is 77.8 cm³/mol. The molecule has 0 bridgehead atoms. The SMILES string of the molecule is N#CC1(C(=O)N2CCC3(CC2)OCCC[C@H]3O)CCOCC1. The number of carbonyl (C=O) groups excluding carboxylic acids is 1. The van der Waals surface area contributed by atoms with E-state index in [1.807, 2.05) is 0 Å². The Morgan fingerprint density at radius 1 is 1.18 bits per heavy atom. The van der Waals surface area contributed by atoms with Gasteiger partial charge in [0.2, 0.25) is 5.91 Å². The Morgan fingerprint density at radius 3 is 2.45 bits per heavy atom. The van der Waals surface area contributed by atoms with Crippen molar-refractivity contribution in [2.75, 3.05) is 32.9 Å². The number of rotatable bonds is 1. The first-order valence-corrected chi connectivity index (χ1v) is 8.22. The van der Waals surface area contributed by atoms with Gasteiger partial charge in [-0.2, -0.15) is 5.26 Å². The van der Waals surface area contributed by atoms with Crippen LogP contribution in [0.3, 0.4) is 0 Å². The van der Waals surface area contributed by atoms with Crippen LogP contribution in [0.1, 0.15) is 38.5 Å². The van der Waals surface area contributed by atoms with Crippen LogP contribution in [0.4, 0.5) is 0 Å². The van der Waals surface area contributed by atoms with Crippen LogP contribution in [-0.2, 0) is 14.3 Å². The molecular weight excluding hydrogens is 284 g/mol. The van der Waals surface area contributed by atoms with Crippen molar-refractivity contribution in [3.63, 3.8) is 0 Å². The second-order valence-corrected chi connectivity index (χ2v) is 6.67. The monoisotopic (exact) mass is 308 g/mol. The third-order valence-corrected chi connectivity index (χ3v) is 5.49. The second kappa shape index (κ2) is 6.15. The summed E-state index contributed by atoms with van der Waals surface area (Å²) in [5.41, 5.74) is -1.40. The van der Waals surface area contributed by atoms with Crippen molar-refractivity contribution in [1.82, 2.24) is 4.90 Å². The number of hydrogen-bond donors (Lipinski definition) is 1. The van der Waals surface area contributed by atoms with E-state index in [-0.39, 0.29) is 5.91 Å². The number of ether oxygens (including phenoxy) is 2. The molecule has 0 unspecified atom stereocenters. The summed E-state index contributed by atoms with van der Waals surface area (Å²) in [7, 11) is 0. The van der Waals surface area contributed by atoms with Crippen LogP contribution < -0.4 is 0 Å². The van der Waals surface area contributed by atoms with Gasteiger partial charge in [0.1, 0.15) is 5.41 Å². The number of aliphatic hydroxyl groups excluding tert-OH is 1. The molecule has 6 heteroatoms. The van der Waals surface area contributed by atoms with Crippen LogP contribution in [0.5, 0.6) is 0 Å². The summed E-state index contributed by atoms with van der Waals surface area (Å²) in [6.07, 6.45) is 3.48. The molecule has 3 rings (SSSR count). The summed E-state index contributed by atoms with van der Waals surface area (Å²) >= 11 is 0. The van der Waals surface area contributed by atoms with Crippen molar-refractivity contribution in [2.45, 2.75) is 50.2 Å². The number of nitrogens with zero attached hydrogens (tertiary/aromatic N) is 2. The zero-order valence-electron chi connectivity index (χ0n) is 12.9. The Kier molecular flexibility index (Phi) is 4.40. The molecular formula is C16H24N2O4. The molecule has 1 amide bonds. The van der Waals surface area contributed by atoms with Crippen LogP contribution in [0, 0.1) is 16.7 Å². The lowest BCUT2D eigenvalue weighted by atomic mass is 9.78. The highest BCUT2D eigenvalue weighted by Gasteiger charge is 2.48. The van der Waals surface area contributed by atoms with Gasteiger partial charge in [0, 0.05) is 32.9 Å². The van der Waals surface area contributed by atoms with Gasteiger partial charge in [-0.3, -0.25) is 4.79 Å². The highest BCUT2D eigenvalue weighted by Crippen LogP contribution is 2.38. The summed E-state index contributed by atoms with van der Waals surface area (Å²) in [5.74, 6) is -0.0709. The molecule has 3 saturated heterocycles. The van der Waals surface area contributed by atoms with E-state index in [9.17, 15) is 15.2 Å². The van der Waals surface area contributed by atoms with Gasteiger partial charge < -0.3 is 19.5 Å². The molecule has 0 aromatic heterocycles. The molecule has 3 aliphatic heterocycles. The molecule has 0 aromatic rings. The third kappa shape index (κ3) is 2.62. The van der Waals surface area contributed by atoms with Gasteiger partial charge in [-0.15, -0.1) is 0 Å². The zero-order chi connectivity index (χ0) is 15.6. The highest BCUT2D eigenvalue weighted by molar-refractivity contribution is 5.85. The Hall–Kier alpha value is -1.16. The van der Waals surface area contributed by atoms with Crippen LogP contribution in [0.2, 0.25) is 0 Å². The van der Waals surface area contributed by atoms with E-state index >= 15 is 0 Å². The molecule has 122 valence electrons. The lowest BCUT2D eigenvalue weighted by molar-refractivity contribution is -0.182. The summed E-state index contributed by atoms with van der Waals surface area (Å²) in [6, 6.07) is 2.24. The molecule has 22 heavy (non-hydrogen) atoms. The van der Waals surface area contributed by atoms with Crippen molar-refractivity contribution >= 4 is 5.91 Å². The maximum Gasteiger partial charge on any atom is 0.243 e. The fourth-order valence-corrected chi connectivity index (χ4v) is 3.87. The highest BCUT2D eigenvalue weighted by atomic mass is 16.5. The number of carbonyl (C=O) groups is 1. The Bertz CT molecular complexity index is 459. The maximum atomic E-state index is 12.8. The standard InChI is InChI=1S/C16H24N2O4/c17-12-15(5-10-21-11-6-15)14(20)18-7-3-16(4-8-18)13(19)2-1-9-22-16/h13,19H,1-11H2/t13-/m1/s1. The zero-order valence-corrected chi connectivity index (χ0v) is 12.9. The van der Waals surface area contributed by atoms with E-state index in [0.717, 1.165) is 12.8 Å². The van der Waals surface area contributed by atoms with Gasteiger partial charge in [0.15, 0.2) is 0 Å². The second-order valence-electron chi connectivity index (χ2n) is 6.67. The van der Waals surface area contributed by atoms with E-state index in [4.69, 9.17) is 9.47 Å². The Labute approximate surface area is 131 Å². The number of amides is 1. The summed E-state index contributed by atoms with van der Waals surface area (Å²) in [6.45, 7) is 2.74. The smallest absolute Gasteiger partial charge is 0.243 e. The van der Waals surface area contributed by atoms with Crippen molar-refractivity contribution in [2.24, 2.45) is 5.41 Å². The fourth-order valence-electron chi connectivity index (χ4n) is 3.87. The predicted octanol–water partition coefficient (Wildman–Crippen LogP) is 0.839. The number of piperidine rings is 1. The Morgan fingerprint density at radius 2 is 1.86 bits per heavy atom. The van der Waals surface area contributed by atoms with Crippen LogP contribution >= 0.6 is 0 Å². The topological polar surface area (TPSA) is 82.8 Å². The van der Waals surface area contributed by atoms with Gasteiger partial charge in [-0.25, -0.2) is 0 Å². The lowest BCUT2D eigenvalue weighted by Gasteiger charge is -2.47. The molecule has 1 spiro atoms. The van der Waals surface area contributed by atoms with Gasteiger partial charge in [-0.1, -0.05) is 0 Å². The molecule has 0 radical (unpaired) electrons.